The molecule has 3 aromatic rings. The van der Waals surface area contributed by atoms with E-state index in [0.717, 1.165) is 15.7 Å². The molecule has 3 rings (SSSR count). The average Bonchev–Trinajstić information content (AvgIpc) is 2.67. The van der Waals surface area contributed by atoms with Gasteiger partial charge in [-0.1, -0.05) is 17.7 Å². The Morgan fingerprint density at radius 3 is 2.09 bits per heavy atom. The van der Waals surface area contributed by atoms with Crippen molar-refractivity contribution in [3.63, 3.8) is 0 Å². The summed E-state index contributed by atoms with van der Waals surface area (Å²) in [5.74, 6) is 0.665. The monoisotopic (exact) mass is 470 g/mol. The number of pyridine rings is 2. The van der Waals surface area contributed by atoms with E-state index in [9.17, 15) is 9.59 Å². The molecule has 2 heterocycles. The predicted molar refractivity (Wildman–Crippen MR) is 129 cm³/mol. The van der Waals surface area contributed by atoms with Crippen LogP contribution >= 0.6 is 11.6 Å². The maximum Gasteiger partial charge on any atom is 0.425 e. The fraction of sp³-hybridized carbons (Fsp3) is 0.333. The number of nitrogens with zero attached hydrogens (tertiary/aromatic N) is 3. The quantitative estimate of drug-likeness (QED) is 0.454. The number of rotatable bonds is 3. The molecule has 0 fully saturated rings. The number of carbonyl (C=O) groups is 2. The molecule has 33 heavy (non-hydrogen) atoms. The van der Waals surface area contributed by atoms with E-state index in [4.69, 9.17) is 21.1 Å². The average molecular weight is 471 g/mol. The van der Waals surface area contributed by atoms with E-state index in [1.165, 1.54) is 12.3 Å². The molecule has 2 amide bonds. The third-order valence-corrected chi connectivity index (χ3v) is 4.36. The molecule has 0 bridgehead atoms. The van der Waals surface area contributed by atoms with E-state index < -0.39 is 23.4 Å². The minimum atomic E-state index is -0.879. The van der Waals surface area contributed by atoms with Crippen LogP contribution in [0.2, 0.25) is 5.02 Å². The molecule has 8 nitrogen and oxygen atoms in total. The van der Waals surface area contributed by atoms with Gasteiger partial charge in [0.1, 0.15) is 22.8 Å². The third kappa shape index (κ3) is 6.55. The van der Waals surface area contributed by atoms with Crippen LogP contribution in [0.15, 0.2) is 48.8 Å². The summed E-state index contributed by atoms with van der Waals surface area (Å²) in [5, 5.41) is 5.61. The van der Waals surface area contributed by atoms with Gasteiger partial charge in [0.05, 0.1) is 11.9 Å². The van der Waals surface area contributed by atoms with E-state index in [1.54, 1.807) is 53.8 Å². The lowest BCUT2D eigenvalue weighted by Crippen LogP contribution is -2.44. The number of carbonyl (C=O) groups excluding carboxylic acids is 2. The van der Waals surface area contributed by atoms with Crippen molar-refractivity contribution in [2.45, 2.75) is 52.7 Å². The molecule has 0 unspecified atom stereocenters. The molecular formula is C24H27ClN4O4. The lowest BCUT2D eigenvalue weighted by Gasteiger charge is -2.28. The van der Waals surface area contributed by atoms with Crippen molar-refractivity contribution in [3.05, 3.63) is 53.8 Å². The number of nitrogens with one attached hydrogen (secondary N) is 1. The highest BCUT2D eigenvalue weighted by Crippen LogP contribution is 2.28. The molecule has 0 aliphatic rings. The van der Waals surface area contributed by atoms with Gasteiger partial charge in [0.2, 0.25) is 0 Å². The van der Waals surface area contributed by atoms with Crippen molar-refractivity contribution in [2.75, 3.05) is 10.2 Å². The first kappa shape index (κ1) is 24.3. The number of anilines is 3. The van der Waals surface area contributed by atoms with E-state index in [2.05, 4.69) is 15.3 Å². The van der Waals surface area contributed by atoms with Gasteiger partial charge in [0, 0.05) is 16.6 Å². The van der Waals surface area contributed by atoms with Gasteiger partial charge in [-0.3, -0.25) is 0 Å². The topological polar surface area (TPSA) is 93.7 Å². The van der Waals surface area contributed by atoms with Crippen LogP contribution in [0.3, 0.4) is 0 Å². The Kier molecular flexibility index (Phi) is 6.78. The minimum Gasteiger partial charge on any atom is -0.443 e. The largest absolute Gasteiger partial charge is 0.443 e. The van der Waals surface area contributed by atoms with Gasteiger partial charge in [-0.15, -0.1) is 0 Å². The first-order valence-electron chi connectivity index (χ1n) is 10.4. The van der Waals surface area contributed by atoms with Gasteiger partial charge in [0.15, 0.2) is 0 Å². The Morgan fingerprint density at radius 2 is 1.55 bits per heavy atom. The number of imide groups is 1. The van der Waals surface area contributed by atoms with Gasteiger partial charge >= 0.3 is 12.2 Å². The summed E-state index contributed by atoms with van der Waals surface area (Å²) in [6.07, 6.45) is 1.42. The second-order valence-electron chi connectivity index (χ2n) is 9.35. The summed E-state index contributed by atoms with van der Waals surface area (Å²) in [5.41, 5.74) is -1.01. The fourth-order valence-electron chi connectivity index (χ4n) is 2.85. The van der Waals surface area contributed by atoms with Crippen LogP contribution in [0.1, 0.15) is 41.5 Å². The van der Waals surface area contributed by atoms with E-state index in [0.29, 0.717) is 16.5 Å². The number of ether oxygens (including phenoxy) is 2. The zero-order valence-corrected chi connectivity index (χ0v) is 20.2. The molecule has 2 aromatic heterocycles. The van der Waals surface area contributed by atoms with Crippen molar-refractivity contribution in [1.82, 2.24) is 9.97 Å². The highest BCUT2D eigenvalue weighted by molar-refractivity contribution is 6.31. The molecule has 0 saturated carbocycles. The predicted octanol–water partition coefficient (Wildman–Crippen LogP) is 6.70. The van der Waals surface area contributed by atoms with Crippen LogP contribution in [0, 0.1) is 0 Å². The van der Waals surface area contributed by atoms with Gasteiger partial charge in [-0.2, -0.15) is 4.90 Å². The number of hydrogen-bond acceptors (Lipinski definition) is 7. The van der Waals surface area contributed by atoms with Crippen LogP contribution in [0.5, 0.6) is 0 Å². The molecule has 9 heteroatoms. The highest BCUT2D eigenvalue weighted by atomic mass is 35.5. The van der Waals surface area contributed by atoms with Gasteiger partial charge < -0.3 is 14.8 Å². The Labute approximate surface area is 197 Å². The number of amides is 2. The summed E-state index contributed by atoms with van der Waals surface area (Å²) < 4.78 is 10.8. The summed E-state index contributed by atoms with van der Waals surface area (Å²) in [6.45, 7) is 10.3. The first-order chi connectivity index (χ1) is 15.3. The SMILES string of the molecule is CC(C)(C)OC(=O)N(C(=O)OC(C)(C)C)c1ccc(Nc2nccc3ccc(Cl)cc23)cn1. The molecule has 0 aliphatic heterocycles. The molecular weight excluding hydrogens is 444 g/mol. The van der Waals surface area contributed by atoms with E-state index in [1.807, 2.05) is 24.3 Å². The van der Waals surface area contributed by atoms with Crippen LogP contribution in [-0.2, 0) is 9.47 Å². The minimum absolute atomic E-state index is 0.0676. The molecule has 0 spiro atoms. The van der Waals surface area contributed by atoms with Crippen molar-refractivity contribution < 1.29 is 19.1 Å². The molecule has 0 aliphatic carbocycles. The number of hydrogen-bond donors (Lipinski definition) is 1. The molecule has 1 aromatic carbocycles. The van der Waals surface area contributed by atoms with E-state index in [-0.39, 0.29) is 5.82 Å². The molecule has 1 N–H and O–H groups in total. The number of benzene rings is 1. The number of halogens is 1. The van der Waals surface area contributed by atoms with Gasteiger partial charge in [0.25, 0.3) is 0 Å². The van der Waals surface area contributed by atoms with E-state index >= 15 is 0 Å². The molecule has 174 valence electrons. The Bertz CT molecular complexity index is 1140. The standard InChI is InChI=1S/C24H27ClN4O4/c1-23(2,3)32-21(30)29(22(31)33-24(4,5)6)19-10-9-17(14-27-19)28-20-18-13-16(25)8-7-15(18)11-12-26-20/h7-14H,1-6H3,(H,26,28). The van der Waals surface area contributed by atoms with Gasteiger partial charge in [-0.05, 0) is 77.3 Å². The smallest absolute Gasteiger partial charge is 0.425 e. The summed E-state index contributed by atoms with van der Waals surface area (Å²) in [6, 6.07) is 10.6. The lowest BCUT2D eigenvalue weighted by atomic mass is 10.1. The van der Waals surface area contributed by atoms with Gasteiger partial charge in [-0.25, -0.2) is 19.6 Å². The second kappa shape index (κ2) is 9.23. The highest BCUT2D eigenvalue weighted by Gasteiger charge is 2.33. The normalized spacial score (nSPS) is 11.7. The van der Waals surface area contributed by atoms with Crippen LogP contribution < -0.4 is 10.2 Å². The Morgan fingerprint density at radius 1 is 0.909 bits per heavy atom. The summed E-state index contributed by atoms with van der Waals surface area (Å²) in [7, 11) is 0. The molecule has 0 saturated heterocycles. The Hall–Kier alpha value is -3.39. The maximum absolute atomic E-state index is 12.8. The van der Waals surface area contributed by atoms with Crippen molar-refractivity contribution >= 4 is 51.9 Å². The summed E-state index contributed by atoms with van der Waals surface area (Å²) in [4.78, 5) is 35.0. The van der Waals surface area contributed by atoms with Crippen molar-refractivity contribution in [3.8, 4) is 0 Å². The lowest BCUT2D eigenvalue weighted by molar-refractivity contribution is 0.0429. The van der Waals surface area contributed by atoms with Crippen molar-refractivity contribution in [1.29, 1.82) is 0 Å². The zero-order chi connectivity index (χ0) is 24.4. The number of aromatic nitrogens is 2. The first-order valence-corrected chi connectivity index (χ1v) is 10.7. The number of fused-ring (bicyclic) bond motifs is 1. The van der Waals surface area contributed by atoms with Crippen LogP contribution in [0.25, 0.3) is 10.8 Å². The maximum atomic E-state index is 12.8. The fourth-order valence-corrected chi connectivity index (χ4v) is 3.02. The second-order valence-corrected chi connectivity index (χ2v) is 9.79. The van der Waals surface area contributed by atoms with Crippen LogP contribution in [0.4, 0.5) is 26.9 Å². The van der Waals surface area contributed by atoms with Crippen molar-refractivity contribution in [2.24, 2.45) is 0 Å². The molecule has 0 atom stereocenters. The zero-order valence-electron chi connectivity index (χ0n) is 19.5. The molecule has 0 radical (unpaired) electrons. The Balaban J connectivity index is 1.89. The summed E-state index contributed by atoms with van der Waals surface area (Å²) >= 11 is 6.14. The third-order valence-electron chi connectivity index (χ3n) is 4.12. The van der Waals surface area contributed by atoms with Crippen LogP contribution in [-0.4, -0.2) is 33.4 Å².